The van der Waals surface area contributed by atoms with Gasteiger partial charge >= 0.3 is 23.9 Å². The van der Waals surface area contributed by atoms with E-state index in [2.05, 4.69) is 6.07 Å². The van der Waals surface area contributed by atoms with Gasteiger partial charge in [-0.2, -0.15) is 5.26 Å². The van der Waals surface area contributed by atoms with Crippen LogP contribution in [0.25, 0.3) is 0 Å². The number of hydrogen-bond acceptors (Lipinski definition) is 13. The van der Waals surface area contributed by atoms with Crippen molar-refractivity contribution in [2.24, 2.45) is 23.7 Å². The third-order valence-corrected chi connectivity index (χ3v) is 8.88. The number of carbonyl (C=O) groups excluding carboxylic acids is 4. The van der Waals surface area contributed by atoms with Crippen molar-refractivity contribution in [1.29, 1.82) is 5.26 Å². The van der Waals surface area contributed by atoms with Gasteiger partial charge in [-0.1, -0.05) is 74.0 Å². The Morgan fingerprint density at radius 3 is 1.92 bits per heavy atom. The molecule has 8 atom stereocenters. The van der Waals surface area contributed by atoms with Crippen LogP contribution in [0.15, 0.2) is 23.8 Å². The maximum Gasteiger partial charge on any atom is 0.308 e. The van der Waals surface area contributed by atoms with Crippen LogP contribution in [0.3, 0.4) is 0 Å². The van der Waals surface area contributed by atoms with Crippen LogP contribution in [0, 0.1) is 35.0 Å². The lowest BCUT2D eigenvalue weighted by Gasteiger charge is -2.46. The number of carbonyl (C=O) groups is 4. The smallest absolute Gasteiger partial charge is 0.308 e. The molecule has 4 rings (SSSR count). The molecule has 0 aromatic carbocycles. The molecule has 1 spiro atoms. The van der Waals surface area contributed by atoms with Gasteiger partial charge < -0.3 is 37.9 Å². The van der Waals surface area contributed by atoms with E-state index >= 15 is 0 Å². The quantitative estimate of drug-likeness (QED) is 0.170. The van der Waals surface area contributed by atoms with Crippen LogP contribution in [-0.2, 0) is 57.1 Å². The molecule has 0 bridgehead atoms. The van der Waals surface area contributed by atoms with Gasteiger partial charge in [-0.05, 0) is 18.4 Å². The first kappa shape index (κ1) is 38.5. The highest BCUT2D eigenvalue weighted by atomic mass is 16.8. The molecule has 1 saturated carbocycles. The third kappa shape index (κ3) is 9.28. The monoisotopic (exact) mass is 689 g/mol. The molecule has 2 heterocycles. The van der Waals surface area contributed by atoms with E-state index in [4.69, 9.17) is 37.9 Å². The average Bonchev–Trinajstić information content (AvgIpc) is 3.42. The van der Waals surface area contributed by atoms with Gasteiger partial charge in [0.25, 0.3) is 0 Å². The van der Waals surface area contributed by atoms with Gasteiger partial charge in [-0.3, -0.25) is 19.2 Å². The number of allylic oxidation sites excluding steroid dienone is 1. The molecule has 2 saturated heterocycles. The molecule has 3 fully saturated rings. The Labute approximate surface area is 288 Å². The summed E-state index contributed by atoms with van der Waals surface area (Å²) >= 11 is 0. The summed E-state index contributed by atoms with van der Waals surface area (Å²) in [5, 5.41) is 9.48. The number of rotatable bonds is 11. The molecule has 0 amide bonds. The summed E-state index contributed by atoms with van der Waals surface area (Å²) in [6.07, 6.45) is 0.235. The van der Waals surface area contributed by atoms with E-state index in [0.29, 0.717) is 18.4 Å². The molecule has 0 aromatic rings. The fourth-order valence-corrected chi connectivity index (χ4v) is 6.02. The van der Waals surface area contributed by atoms with Crippen molar-refractivity contribution in [2.45, 2.75) is 142 Å². The number of hydrogen-bond donors (Lipinski definition) is 0. The lowest BCUT2D eigenvalue weighted by molar-refractivity contribution is -0.321. The Kier molecular flexibility index (Phi) is 13.0. The van der Waals surface area contributed by atoms with Crippen LogP contribution >= 0.6 is 0 Å². The predicted octanol–water partition coefficient (Wildman–Crippen LogP) is 4.46. The summed E-state index contributed by atoms with van der Waals surface area (Å²) in [6.45, 7) is 12.8. The summed E-state index contributed by atoms with van der Waals surface area (Å²) in [7, 11) is 0. The fraction of sp³-hybridized carbons (Fsp3) is 0.750. The van der Waals surface area contributed by atoms with Gasteiger partial charge in [0.1, 0.15) is 31.0 Å². The molecule has 272 valence electrons. The van der Waals surface area contributed by atoms with Crippen LogP contribution < -0.4 is 0 Å². The predicted molar refractivity (Wildman–Crippen MR) is 172 cm³/mol. The second kappa shape index (κ2) is 16.6. The highest BCUT2D eigenvalue weighted by molar-refractivity contribution is 5.74. The van der Waals surface area contributed by atoms with Crippen LogP contribution in [0.1, 0.15) is 87.5 Å². The van der Waals surface area contributed by atoms with Crippen LogP contribution in [-0.4, -0.2) is 85.3 Å². The minimum absolute atomic E-state index is 0.377. The first-order valence-corrected chi connectivity index (χ1v) is 17.4. The Balaban J connectivity index is 1.76. The van der Waals surface area contributed by atoms with E-state index in [0.717, 1.165) is 19.3 Å². The van der Waals surface area contributed by atoms with Crippen molar-refractivity contribution in [3.05, 3.63) is 23.8 Å². The summed E-state index contributed by atoms with van der Waals surface area (Å²) in [4.78, 5) is 51.9. The molecule has 4 aliphatic rings. The largest absolute Gasteiger partial charge is 0.463 e. The van der Waals surface area contributed by atoms with Crippen LogP contribution in [0.5, 0.6) is 0 Å². The highest BCUT2D eigenvalue weighted by Crippen LogP contribution is 2.46. The van der Waals surface area contributed by atoms with Crippen LogP contribution in [0.4, 0.5) is 0 Å². The second-order valence-corrected chi connectivity index (χ2v) is 14.3. The SMILES string of the molecule is CC(C)C(=O)OC[C@H]1O[C@@H](O[C@@H]2C=C/C(=C\C#N)[C@@H]3OC4(CCCCC4)O[C@H]23)[C@H](OC(=O)C(C)C)[C@@H](OC(=O)C(C)C)[C@@H]1OC(=O)C(C)C. The molecule has 13 nitrogen and oxygen atoms in total. The summed E-state index contributed by atoms with van der Waals surface area (Å²) in [6, 6.07) is 2.07. The maximum atomic E-state index is 13.2. The van der Waals surface area contributed by atoms with Gasteiger partial charge in [0.15, 0.2) is 30.4 Å². The molecule has 2 aliphatic carbocycles. The summed E-state index contributed by atoms with van der Waals surface area (Å²) < 4.78 is 49.4. The highest BCUT2D eigenvalue weighted by Gasteiger charge is 2.57. The molecule has 0 aromatic heterocycles. The third-order valence-electron chi connectivity index (χ3n) is 8.88. The van der Waals surface area contributed by atoms with E-state index in [1.807, 2.05) is 0 Å². The summed E-state index contributed by atoms with van der Waals surface area (Å²) in [5.41, 5.74) is 0.630. The molecular weight excluding hydrogens is 638 g/mol. The fourth-order valence-electron chi connectivity index (χ4n) is 6.02. The van der Waals surface area contributed by atoms with Crippen molar-refractivity contribution < 1.29 is 57.1 Å². The van der Waals surface area contributed by atoms with E-state index in [-0.39, 0.29) is 6.61 Å². The standard InChI is InChI=1S/C36H51NO12/c1-19(2)31(38)42-18-25-27(45-32(39)20(3)4)29(46-33(40)21(5)6)30(47-34(41)22(7)8)35(44-25)43-24-13-12-23(14-17-37)26-28(24)49-36(48-26)15-10-9-11-16-36/h12-14,19-22,24-30,35H,9-11,15-16,18H2,1-8H3/b23-14+/t24-,25-,26+,27-,28-,29+,30-,35-/m1/s1. The minimum Gasteiger partial charge on any atom is -0.463 e. The lowest BCUT2D eigenvalue weighted by Crippen LogP contribution is -2.64. The Bertz CT molecular complexity index is 1310. The van der Waals surface area contributed by atoms with Gasteiger partial charge in [-0.15, -0.1) is 0 Å². The van der Waals surface area contributed by atoms with Crippen LogP contribution in [0.2, 0.25) is 0 Å². The lowest BCUT2D eigenvalue weighted by atomic mass is 9.93. The van der Waals surface area contributed by atoms with Crippen molar-refractivity contribution in [2.75, 3.05) is 6.61 Å². The van der Waals surface area contributed by atoms with Gasteiger partial charge in [-0.25, -0.2) is 0 Å². The number of nitrogens with zero attached hydrogens (tertiary/aromatic N) is 1. The zero-order valence-electron chi connectivity index (χ0n) is 29.7. The first-order valence-electron chi connectivity index (χ1n) is 17.4. The molecule has 0 N–H and O–H groups in total. The molecule has 0 unspecified atom stereocenters. The number of nitriles is 1. The van der Waals surface area contributed by atoms with Gasteiger partial charge in [0.2, 0.25) is 0 Å². The molecule has 2 aliphatic heterocycles. The Morgan fingerprint density at radius 1 is 0.816 bits per heavy atom. The molecule has 13 heteroatoms. The Hall–Kier alpha value is -3.31. The number of fused-ring (bicyclic) bond motifs is 1. The maximum absolute atomic E-state index is 13.2. The summed E-state index contributed by atoms with van der Waals surface area (Å²) in [5.74, 6) is -5.49. The van der Waals surface area contributed by atoms with Crippen molar-refractivity contribution in [3.63, 3.8) is 0 Å². The number of ether oxygens (including phenoxy) is 8. The topological polar surface area (TPSA) is 166 Å². The van der Waals surface area contributed by atoms with E-state index in [9.17, 15) is 24.4 Å². The molecule has 49 heavy (non-hydrogen) atoms. The van der Waals surface area contributed by atoms with E-state index in [1.165, 1.54) is 6.08 Å². The van der Waals surface area contributed by atoms with Crippen molar-refractivity contribution in [1.82, 2.24) is 0 Å². The molecule has 0 radical (unpaired) electrons. The van der Waals surface area contributed by atoms with E-state index in [1.54, 1.807) is 67.5 Å². The van der Waals surface area contributed by atoms with E-state index < -0.39 is 102 Å². The zero-order chi connectivity index (χ0) is 36.0. The normalized spacial score (nSPS) is 31.5. The average molecular weight is 690 g/mol. The minimum atomic E-state index is -1.41. The van der Waals surface area contributed by atoms with Crippen molar-refractivity contribution in [3.8, 4) is 6.07 Å². The first-order chi connectivity index (χ1) is 23.2. The molecular formula is C36H51NO12. The van der Waals surface area contributed by atoms with Gasteiger partial charge in [0.05, 0.1) is 29.7 Å². The van der Waals surface area contributed by atoms with Crippen molar-refractivity contribution >= 4 is 23.9 Å². The second-order valence-electron chi connectivity index (χ2n) is 14.3. The number of esters is 4. The Morgan fingerprint density at radius 2 is 1.37 bits per heavy atom. The zero-order valence-corrected chi connectivity index (χ0v) is 29.7. The van der Waals surface area contributed by atoms with Gasteiger partial charge in [0, 0.05) is 18.9 Å².